The molecule has 0 bridgehead atoms. The quantitative estimate of drug-likeness (QED) is 0.443. The SMILES string of the molecule is CN(C)CCCNS(=O)(=O)C[C@H](N)C(=O)O. The van der Waals surface area contributed by atoms with Crippen molar-refractivity contribution in [1.29, 1.82) is 0 Å². The van der Waals surface area contributed by atoms with Crippen LogP contribution in [0.2, 0.25) is 0 Å². The largest absolute Gasteiger partial charge is 0.480 e. The van der Waals surface area contributed by atoms with Crippen LogP contribution in [0, 0.1) is 0 Å². The number of carboxylic acid groups (broad SMARTS) is 1. The van der Waals surface area contributed by atoms with E-state index in [0.717, 1.165) is 6.54 Å². The van der Waals surface area contributed by atoms with Gasteiger partial charge in [-0.15, -0.1) is 0 Å². The zero-order valence-corrected chi connectivity index (χ0v) is 10.3. The van der Waals surface area contributed by atoms with Crippen LogP contribution in [0.25, 0.3) is 0 Å². The average molecular weight is 253 g/mol. The summed E-state index contributed by atoms with van der Waals surface area (Å²) in [4.78, 5) is 12.3. The standard InChI is InChI=1S/C8H19N3O4S/c1-11(2)5-3-4-10-16(14,15)6-7(9)8(12)13/h7,10H,3-6,9H2,1-2H3,(H,12,13)/t7-/m0/s1. The number of carbonyl (C=O) groups is 1. The fourth-order valence-electron chi connectivity index (χ4n) is 0.990. The van der Waals surface area contributed by atoms with Gasteiger partial charge in [-0.3, -0.25) is 4.79 Å². The molecule has 96 valence electrons. The Morgan fingerprint density at radius 2 is 2.06 bits per heavy atom. The van der Waals surface area contributed by atoms with Crippen molar-refractivity contribution in [3.8, 4) is 0 Å². The first-order chi connectivity index (χ1) is 7.24. The molecule has 0 heterocycles. The van der Waals surface area contributed by atoms with Crippen molar-refractivity contribution < 1.29 is 18.3 Å². The number of hydrogen-bond donors (Lipinski definition) is 3. The molecule has 0 rings (SSSR count). The van der Waals surface area contributed by atoms with Crippen molar-refractivity contribution in [2.24, 2.45) is 5.73 Å². The second-order valence-corrected chi connectivity index (χ2v) is 5.63. The Balaban J connectivity index is 3.93. The van der Waals surface area contributed by atoms with E-state index in [4.69, 9.17) is 10.8 Å². The number of nitrogens with one attached hydrogen (secondary N) is 1. The molecule has 0 aromatic carbocycles. The molecule has 1 atom stereocenters. The van der Waals surface area contributed by atoms with Crippen molar-refractivity contribution in [3.63, 3.8) is 0 Å². The van der Waals surface area contributed by atoms with E-state index in [1.54, 1.807) is 0 Å². The lowest BCUT2D eigenvalue weighted by atomic mass is 10.4. The molecule has 0 saturated heterocycles. The minimum absolute atomic E-state index is 0.285. The molecule has 16 heavy (non-hydrogen) atoms. The predicted octanol–water partition coefficient (Wildman–Crippen LogP) is -1.73. The highest BCUT2D eigenvalue weighted by Gasteiger charge is 2.20. The van der Waals surface area contributed by atoms with Crippen molar-refractivity contribution in [2.75, 3.05) is 32.9 Å². The predicted molar refractivity (Wildman–Crippen MR) is 60.6 cm³/mol. The van der Waals surface area contributed by atoms with E-state index in [2.05, 4.69) is 4.72 Å². The third kappa shape index (κ3) is 7.57. The Morgan fingerprint density at radius 1 is 1.50 bits per heavy atom. The molecule has 8 heteroatoms. The van der Waals surface area contributed by atoms with Crippen LogP contribution in [-0.2, 0) is 14.8 Å². The second kappa shape index (κ2) is 6.79. The summed E-state index contributed by atoms with van der Waals surface area (Å²) >= 11 is 0. The molecule has 0 aromatic heterocycles. The monoisotopic (exact) mass is 253 g/mol. The number of aliphatic carboxylic acids is 1. The lowest BCUT2D eigenvalue weighted by molar-refractivity contribution is -0.137. The van der Waals surface area contributed by atoms with Crippen LogP contribution in [0.3, 0.4) is 0 Å². The highest BCUT2D eigenvalue weighted by Crippen LogP contribution is 1.90. The van der Waals surface area contributed by atoms with Crippen LogP contribution in [0.4, 0.5) is 0 Å². The first-order valence-electron chi connectivity index (χ1n) is 4.85. The molecule has 0 aliphatic carbocycles. The minimum atomic E-state index is -3.60. The number of carboxylic acids is 1. The van der Waals surface area contributed by atoms with Crippen LogP contribution >= 0.6 is 0 Å². The van der Waals surface area contributed by atoms with E-state index < -0.39 is 27.8 Å². The molecule has 0 aliphatic rings. The molecule has 0 unspecified atom stereocenters. The third-order valence-corrected chi connectivity index (χ3v) is 3.26. The zero-order valence-electron chi connectivity index (χ0n) is 9.51. The Labute approximate surface area is 95.7 Å². The van der Waals surface area contributed by atoms with Gasteiger partial charge in [0.25, 0.3) is 0 Å². The van der Waals surface area contributed by atoms with Crippen LogP contribution < -0.4 is 10.5 Å². The summed E-state index contributed by atoms with van der Waals surface area (Å²) in [6.45, 7) is 1.04. The molecule has 0 saturated carbocycles. The number of nitrogens with two attached hydrogens (primary N) is 1. The Kier molecular flexibility index (Phi) is 6.49. The second-order valence-electron chi connectivity index (χ2n) is 3.78. The normalized spacial score (nSPS) is 14.0. The Bertz CT molecular complexity index is 315. The summed E-state index contributed by atoms with van der Waals surface area (Å²) < 4.78 is 24.9. The van der Waals surface area contributed by atoms with Crippen molar-refractivity contribution in [1.82, 2.24) is 9.62 Å². The molecular weight excluding hydrogens is 234 g/mol. The molecule has 4 N–H and O–H groups in total. The molecular formula is C8H19N3O4S. The average Bonchev–Trinajstić information content (AvgIpc) is 2.11. The first kappa shape index (κ1) is 15.3. The van der Waals surface area contributed by atoms with Crippen LogP contribution in [0.5, 0.6) is 0 Å². The molecule has 0 aromatic rings. The van der Waals surface area contributed by atoms with E-state index in [0.29, 0.717) is 6.42 Å². The van der Waals surface area contributed by atoms with Gasteiger partial charge in [0.2, 0.25) is 10.0 Å². The maximum absolute atomic E-state index is 11.3. The highest BCUT2D eigenvalue weighted by atomic mass is 32.2. The van der Waals surface area contributed by atoms with Crippen molar-refractivity contribution in [2.45, 2.75) is 12.5 Å². The smallest absolute Gasteiger partial charge is 0.321 e. The van der Waals surface area contributed by atoms with Gasteiger partial charge in [-0.05, 0) is 27.1 Å². The molecule has 7 nitrogen and oxygen atoms in total. The number of nitrogens with zero attached hydrogens (tertiary/aromatic N) is 1. The maximum Gasteiger partial charge on any atom is 0.321 e. The van der Waals surface area contributed by atoms with Gasteiger partial charge in [0, 0.05) is 6.54 Å². The van der Waals surface area contributed by atoms with Gasteiger partial charge in [-0.2, -0.15) is 0 Å². The van der Waals surface area contributed by atoms with Gasteiger partial charge in [0.1, 0.15) is 6.04 Å². The lowest BCUT2D eigenvalue weighted by Gasteiger charge is -2.11. The fraction of sp³-hybridized carbons (Fsp3) is 0.875. The maximum atomic E-state index is 11.3. The van der Waals surface area contributed by atoms with E-state index in [1.807, 2.05) is 19.0 Å². The van der Waals surface area contributed by atoms with E-state index >= 15 is 0 Å². The summed E-state index contributed by atoms with van der Waals surface area (Å²) in [5.74, 6) is -1.91. The zero-order chi connectivity index (χ0) is 12.8. The van der Waals surface area contributed by atoms with Gasteiger partial charge in [0.15, 0.2) is 0 Å². The summed E-state index contributed by atoms with van der Waals surface area (Å²) in [5, 5.41) is 8.47. The van der Waals surface area contributed by atoms with E-state index in [-0.39, 0.29) is 6.54 Å². The third-order valence-electron chi connectivity index (χ3n) is 1.82. The highest BCUT2D eigenvalue weighted by molar-refractivity contribution is 7.89. The van der Waals surface area contributed by atoms with Gasteiger partial charge < -0.3 is 15.7 Å². The fourth-order valence-corrected chi connectivity index (χ4v) is 2.18. The molecule has 0 fully saturated rings. The molecule has 0 amide bonds. The summed E-state index contributed by atoms with van der Waals surface area (Å²) in [7, 11) is 0.169. The number of rotatable bonds is 8. The van der Waals surface area contributed by atoms with Gasteiger partial charge in [-0.1, -0.05) is 0 Å². The minimum Gasteiger partial charge on any atom is -0.480 e. The molecule has 0 radical (unpaired) electrons. The summed E-state index contributed by atoms with van der Waals surface area (Å²) in [6.07, 6.45) is 0.661. The summed E-state index contributed by atoms with van der Waals surface area (Å²) in [5.41, 5.74) is 5.13. The van der Waals surface area contributed by atoms with Gasteiger partial charge in [0.05, 0.1) is 5.75 Å². The molecule has 0 spiro atoms. The van der Waals surface area contributed by atoms with Crippen LogP contribution in [-0.4, -0.2) is 63.4 Å². The van der Waals surface area contributed by atoms with Crippen molar-refractivity contribution in [3.05, 3.63) is 0 Å². The van der Waals surface area contributed by atoms with Crippen LogP contribution in [0.1, 0.15) is 6.42 Å². The van der Waals surface area contributed by atoms with E-state index in [9.17, 15) is 13.2 Å². The first-order valence-corrected chi connectivity index (χ1v) is 6.50. The topological polar surface area (TPSA) is 113 Å². The lowest BCUT2D eigenvalue weighted by Crippen LogP contribution is -2.42. The summed E-state index contributed by atoms with van der Waals surface area (Å²) in [6, 6.07) is -1.38. The van der Waals surface area contributed by atoms with Crippen molar-refractivity contribution >= 4 is 16.0 Å². The van der Waals surface area contributed by atoms with E-state index in [1.165, 1.54) is 0 Å². The Morgan fingerprint density at radius 3 is 2.50 bits per heavy atom. The Hall–Kier alpha value is -0.700. The number of hydrogen-bond acceptors (Lipinski definition) is 5. The van der Waals surface area contributed by atoms with Crippen LogP contribution in [0.15, 0.2) is 0 Å². The molecule has 0 aliphatic heterocycles. The van der Waals surface area contributed by atoms with Gasteiger partial charge >= 0.3 is 5.97 Å². The number of sulfonamides is 1. The van der Waals surface area contributed by atoms with Gasteiger partial charge in [-0.25, -0.2) is 13.1 Å².